The molecule has 0 bridgehead atoms. The number of H-pyrrole nitrogens is 1. The van der Waals surface area contributed by atoms with Crippen molar-refractivity contribution >= 4 is 28.4 Å². The Balaban J connectivity index is 1.44. The maximum absolute atomic E-state index is 12.9. The van der Waals surface area contributed by atoms with Crippen LogP contribution in [0.2, 0.25) is 5.02 Å². The lowest BCUT2D eigenvalue weighted by Gasteiger charge is -2.06. The Morgan fingerprint density at radius 2 is 2.27 bits per heavy atom. The van der Waals surface area contributed by atoms with Gasteiger partial charge in [-0.1, -0.05) is 16.8 Å². The first kappa shape index (κ1) is 16.9. The lowest BCUT2D eigenvalue weighted by Crippen LogP contribution is -2.25. The molecule has 0 radical (unpaired) electrons. The fourth-order valence-corrected chi connectivity index (χ4v) is 3.01. The second-order valence-corrected chi connectivity index (χ2v) is 6.87. The highest BCUT2D eigenvalue weighted by atomic mass is 35.5. The van der Waals surface area contributed by atoms with E-state index in [1.54, 1.807) is 18.2 Å². The smallest absolute Gasteiger partial charge is 0.226 e. The predicted octanol–water partition coefficient (Wildman–Crippen LogP) is 3.67. The fraction of sp³-hybridized carbons (Fsp3) is 0.333. The lowest BCUT2D eigenvalue weighted by atomic mass is 10.2. The van der Waals surface area contributed by atoms with Crippen molar-refractivity contribution < 1.29 is 18.4 Å². The zero-order chi connectivity index (χ0) is 18.3. The summed E-state index contributed by atoms with van der Waals surface area (Å²) >= 11 is 6.28. The summed E-state index contributed by atoms with van der Waals surface area (Å²) in [5.41, 5.74) is 2.42. The van der Waals surface area contributed by atoms with E-state index in [0.717, 1.165) is 22.3 Å². The van der Waals surface area contributed by atoms with Gasteiger partial charge in [-0.2, -0.15) is 0 Å². The normalized spacial score (nSPS) is 18.9. The van der Waals surface area contributed by atoms with Gasteiger partial charge in [-0.25, -0.2) is 4.39 Å². The number of carbonyl (C=O) groups excluding carboxylic acids is 1. The van der Waals surface area contributed by atoms with E-state index >= 15 is 0 Å². The van der Waals surface area contributed by atoms with Gasteiger partial charge in [-0.3, -0.25) is 4.79 Å². The molecule has 2 heterocycles. The quantitative estimate of drug-likeness (QED) is 0.686. The Morgan fingerprint density at radius 3 is 2.96 bits per heavy atom. The summed E-state index contributed by atoms with van der Waals surface area (Å²) in [6.07, 6.45) is -0.677. The van der Waals surface area contributed by atoms with Crippen molar-refractivity contribution in [1.82, 2.24) is 15.5 Å². The SMILES string of the molecule is Cc1cc(COc2cc3[nH]c(CNC(=O)[C@@H]4C[C@H]4F)cc3cc2Cl)on1. The molecule has 6 nitrogen and oxygen atoms in total. The third-order valence-corrected chi connectivity index (χ3v) is 4.57. The highest BCUT2D eigenvalue weighted by molar-refractivity contribution is 6.32. The molecule has 1 aliphatic carbocycles. The minimum absolute atomic E-state index is 0.224. The molecule has 2 atom stereocenters. The van der Waals surface area contributed by atoms with Crippen molar-refractivity contribution in [3.63, 3.8) is 0 Å². The van der Waals surface area contributed by atoms with Crippen molar-refractivity contribution in [3.8, 4) is 5.75 Å². The Kier molecular flexibility index (Phi) is 4.32. The van der Waals surface area contributed by atoms with Crippen LogP contribution in [0, 0.1) is 12.8 Å². The molecule has 0 saturated heterocycles. The molecule has 1 saturated carbocycles. The third kappa shape index (κ3) is 3.53. The molecular formula is C18H17ClFN3O3. The van der Waals surface area contributed by atoms with Crippen LogP contribution in [0.1, 0.15) is 23.6 Å². The largest absolute Gasteiger partial charge is 0.484 e. The van der Waals surface area contributed by atoms with E-state index in [0.29, 0.717) is 29.5 Å². The summed E-state index contributed by atoms with van der Waals surface area (Å²) in [5.74, 6) is 0.387. The van der Waals surface area contributed by atoms with Crippen molar-refractivity contribution in [2.75, 3.05) is 0 Å². The number of alkyl halides is 1. The number of nitrogens with one attached hydrogen (secondary N) is 2. The van der Waals surface area contributed by atoms with Gasteiger partial charge >= 0.3 is 0 Å². The van der Waals surface area contributed by atoms with E-state index in [-0.39, 0.29) is 12.5 Å². The van der Waals surface area contributed by atoms with Crippen molar-refractivity contribution in [1.29, 1.82) is 0 Å². The van der Waals surface area contributed by atoms with Crippen molar-refractivity contribution in [2.45, 2.75) is 32.7 Å². The van der Waals surface area contributed by atoms with Crippen LogP contribution in [0.25, 0.3) is 10.9 Å². The fourth-order valence-electron chi connectivity index (χ4n) is 2.78. The molecular weight excluding hydrogens is 361 g/mol. The lowest BCUT2D eigenvalue weighted by molar-refractivity contribution is -0.122. The van der Waals surface area contributed by atoms with E-state index in [1.165, 1.54) is 0 Å². The second-order valence-electron chi connectivity index (χ2n) is 6.46. The number of aromatic amines is 1. The summed E-state index contributed by atoms with van der Waals surface area (Å²) in [6, 6.07) is 7.28. The standard InChI is InChI=1S/C18H17ClFN3O3/c1-9-2-12(26-23-9)8-25-17-6-16-10(4-14(17)19)3-11(22-16)7-21-18(24)13-5-15(13)20/h2-4,6,13,15,22H,5,7-8H2,1H3,(H,21,24)/t13-,15-/m1/s1. The molecule has 1 aromatic carbocycles. The minimum Gasteiger partial charge on any atom is -0.484 e. The molecule has 26 heavy (non-hydrogen) atoms. The molecule has 8 heteroatoms. The summed E-state index contributed by atoms with van der Waals surface area (Å²) < 4.78 is 23.7. The Morgan fingerprint density at radius 1 is 1.46 bits per heavy atom. The zero-order valence-corrected chi connectivity index (χ0v) is 14.8. The number of nitrogens with zero attached hydrogens (tertiary/aromatic N) is 1. The molecule has 3 aromatic rings. The van der Waals surface area contributed by atoms with E-state index < -0.39 is 12.1 Å². The molecule has 0 aliphatic heterocycles. The van der Waals surface area contributed by atoms with Gasteiger partial charge in [-0.15, -0.1) is 0 Å². The van der Waals surface area contributed by atoms with Crippen LogP contribution in [-0.4, -0.2) is 22.2 Å². The summed E-state index contributed by atoms with van der Waals surface area (Å²) in [6.45, 7) is 2.37. The molecule has 136 valence electrons. The number of aromatic nitrogens is 2. The van der Waals surface area contributed by atoms with Crippen LogP contribution >= 0.6 is 11.6 Å². The Labute approximate surface area is 153 Å². The molecule has 2 aromatic heterocycles. The number of ether oxygens (including phenoxy) is 1. The second kappa shape index (κ2) is 6.64. The van der Waals surface area contributed by atoms with Crippen LogP contribution in [-0.2, 0) is 17.9 Å². The van der Waals surface area contributed by atoms with E-state index in [1.807, 2.05) is 13.0 Å². The zero-order valence-electron chi connectivity index (χ0n) is 14.0. The number of halogens is 2. The van der Waals surface area contributed by atoms with Crippen LogP contribution in [0.15, 0.2) is 28.8 Å². The van der Waals surface area contributed by atoms with E-state index in [2.05, 4.69) is 15.5 Å². The Hall–Kier alpha value is -2.54. The van der Waals surface area contributed by atoms with Gasteiger partial charge in [-0.05, 0) is 25.5 Å². The van der Waals surface area contributed by atoms with Gasteiger partial charge in [0, 0.05) is 28.7 Å². The Bertz CT molecular complexity index is 968. The average Bonchev–Trinajstić information content (AvgIpc) is 3.01. The highest BCUT2D eigenvalue weighted by Crippen LogP contribution is 2.34. The summed E-state index contributed by atoms with van der Waals surface area (Å²) in [7, 11) is 0. The van der Waals surface area contributed by atoms with Crippen LogP contribution < -0.4 is 10.1 Å². The molecule has 1 fully saturated rings. The number of carbonyl (C=O) groups is 1. The number of hydrogen-bond acceptors (Lipinski definition) is 4. The van der Waals surface area contributed by atoms with Crippen LogP contribution in [0.3, 0.4) is 0 Å². The first-order valence-corrected chi connectivity index (χ1v) is 8.65. The first-order chi connectivity index (χ1) is 12.5. The summed E-state index contributed by atoms with van der Waals surface area (Å²) in [5, 5.41) is 7.92. The minimum atomic E-state index is -0.996. The van der Waals surface area contributed by atoms with Gasteiger partial charge in [0.25, 0.3) is 0 Å². The molecule has 1 aliphatic rings. The van der Waals surface area contributed by atoms with Crippen LogP contribution in [0.4, 0.5) is 4.39 Å². The van der Waals surface area contributed by atoms with Gasteiger partial charge < -0.3 is 19.6 Å². The predicted molar refractivity (Wildman–Crippen MR) is 93.7 cm³/mol. The average molecular weight is 378 g/mol. The van der Waals surface area contributed by atoms with Gasteiger partial charge in [0.1, 0.15) is 18.5 Å². The summed E-state index contributed by atoms with van der Waals surface area (Å²) in [4.78, 5) is 14.9. The molecule has 0 unspecified atom stereocenters. The van der Waals surface area contributed by atoms with Gasteiger partial charge in [0.15, 0.2) is 5.76 Å². The monoisotopic (exact) mass is 377 g/mol. The number of aryl methyl sites for hydroxylation is 1. The number of hydrogen-bond donors (Lipinski definition) is 2. The molecule has 4 rings (SSSR count). The topological polar surface area (TPSA) is 80.1 Å². The van der Waals surface area contributed by atoms with E-state index in [9.17, 15) is 9.18 Å². The van der Waals surface area contributed by atoms with Crippen LogP contribution in [0.5, 0.6) is 5.75 Å². The first-order valence-electron chi connectivity index (χ1n) is 8.27. The van der Waals surface area contributed by atoms with Crippen molar-refractivity contribution in [2.24, 2.45) is 5.92 Å². The van der Waals surface area contributed by atoms with E-state index in [4.69, 9.17) is 20.9 Å². The number of amides is 1. The highest BCUT2D eigenvalue weighted by Gasteiger charge is 2.43. The third-order valence-electron chi connectivity index (χ3n) is 4.28. The molecule has 0 spiro atoms. The van der Waals surface area contributed by atoms with Gasteiger partial charge in [0.2, 0.25) is 5.91 Å². The number of fused-ring (bicyclic) bond motifs is 1. The molecule has 2 N–H and O–H groups in total. The maximum atomic E-state index is 12.9. The number of benzene rings is 1. The maximum Gasteiger partial charge on any atom is 0.226 e. The molecule has 1 amide bonds. The van der Waals surface area contributed by atoms with Crippen molar-refractivity contribution in [3.05, 3.63) is 46.4 Å². The number of rotatable bonds is 6. The van der Waals surface area contributed by atoms with Gasteiger partial charge in [0.05, 0.1) is 23.2 Å².